The zero-order valence-corrected chi connectivity index (χ0v) is 21.8. The first-order valence-corrected chi connectivity index (χ1v) is 12.3. The molecule has 0 bridgehead atoms. The second-order valence-electron chi connectivity index (χ2n) is 9.16. The van der Waals surface area contributed by atoms with Crippen LogP contribution in [-0.2, 0) is 13.6 Å². The Hall–Kier alpha value is -4.01. The molecule has 188 valence electrons. The predicted molar refractivity (Wildman–Crippen MR) is 140 cm³/mol. The molecule has 37 heavy (non-hydrogen) atoms. The van der Waals surface area contributed by atoms with E-state index in [9.17, 15) is 19.2 Å². The molecule has 0 unspecified atom stereocenters. The van der Waals surface area contributed by atoms with Gasteiger partial charge in [-0.1, -0.05) is 11.6 Å². The smallest absolute Gasteiger partial charge is 0.336 e. The van der Waals surface area contributed by atoms with Crippen molar-refractivity contribution >= 4 is 44.1 Å². The highest BCUT2D eigenvalue weighted by atomic mass is 35.5. The minimum Gasteiger partial charge on any atom is -0.494 e. The molecule has 5 rings (SSSR count). The van der Waals surface area contributed by atoms with E-state index in [4.69, 9.17) is 16.3 Å². The molecule has 0 saturated carbocycles. The number of hydrogen-bond acceptors (Lipinski definition) is 7. The average Bonchev–Trinajstić information content (AvgIpc) is 3.47. The summed E-state index contributed by atoms with van der Waals surface area (Å²) in [5.41, 5.74) is -0.474. The van der Waals surface area contributed by atoms with Gasteiger partial charge in [0.15, 0.2) is 11.6 Å². The molecule has 0 fully saturated rings. The molecular weight excluding hydrogens is 519 g/mol. The molecular formula is C25H20ClFN6O3S. The van der Waals surface area contributed by atoms with Gasteiger partial charge in [0.05, 0.1) is 52.7 Å². The third kappa shape index (κ3) is 3.98. The van der Waals surface area contributed by atoms with E-state index >= 15 is 0 Å². The summed E-state index contributed by atoms with van der Waals surface area (Å²) < 4.78 is 23.6. The number of thiophene rings is 1. The lowest BCUT2D eigenvalue weighted by atomic mass is 9.96. The maximum Gasteiger partial charge on any atom is 0.336 e. The lowest BCUT2D eigenvalue weighted by molar-refractivity contribution is 0.387. The van der Waals surface area contributed by atoms with Gasteiger partial charge in [0.1, 0.15) is 4.70 Å². The molecule has 5 aromatic rings. The van der Waals surface area contributed by atoms with E-state index in [1.165, 1.54) is 23.9 Å². The van der Waals surface area contributed by atoms with Crippen molar-refractivity contribution in [1.29, 1.82) is 5.26 Å². The van der Waals surface area contributed by atoms with Crippen LogP contribution in [0.4, 0.5) is 4.39 Å². The number of rotatable bonds is 5. The number of hydrogen-bond donors (Lipinski definition) is 0. The first-order chi connectivity index (χ1) is 17.6. The van der Waals surface area contributed by atoms with E-state index in [-0.39, 0.29) is 27.7 Å². The molecule has 0 aliphatic rings. The van der Waals surface area contributed by atoms with Crippen LogP contribution < -0.4 is 16.0 Å². The van der Waals surface area contributed by atoms with Gasteiger partial charge in [0.25, 0.3) is 5.56 Å². The Morgan fingerprint density at radius 3 is 2.68 bits per heavy atom. The molecule has 0 radical (unpaired) electrons. The summed E-state index contributed by atoms with van der Waals surface area (Å²) >= 11 is 7.47. The van der Waals surface area contributed by atoms with E-state index in [0.29, 0.717) is 26.9 Å². The second kappa shape index (κ2) is 8.83. The Kier molecular flexibility index (Phi) is 5.89. The monoisotopic (exact) mass is 538 g/mol. The average molecular weight is 539 g/mol. The van der Waals surface area contributed by atoms with Gasteiger partial charge in [-0.05, 0) is 32.0 Å². The zero-order valence-electron chi connectivity index (χ0n) is 20.2. The van der Waals surface area contributed by atoms with Crippen molar-refractivity contribution in [1.82, 2.24) is 23.9 Å². The quantitative estimate of drug-likeness (QED) is 0.326. The molecule has 9 nitrogen and oxygen atoms in total. The standard InChI is InChI=1S/C25H20ClFN6O3S/c1-25(2,11-28)12-32-17-7-20(14-5-19(36-4)16(27)6-15(14)26)37-22(17)23(34)33(24(32)35)18-10-29-8-13-9-30-31(3)21(13)18/h5-10H,12H2,1-4H3. The molecule has 0 amide bonds. The molecule has 4 heterocycles. The second-order valence-corrected chi connectivity index (χ2v) is 10.6. The molecule has 0 saturated heterocycles. The zero-order chi connectivity index (χ0) is 26.6. The molecule has 0 N–H and O–H groups in total. The number of ether oxygens (including phenoxy) is 1. The van der Waals surface area contributed by atoms with Gasteiger partial charge in [-0.15, -0.1) is 11.3 Å². The van der Waals surface area contributed by atoms with Crippen LogP contribution in [0.25, 0.3) is 37.2 Å². The number of nitriles is 1. The molecule has 12 heteroatoms. The number of methoxy groups -OCH3 is 1. The first kappa shape index (κ1) is 24.7. The summed E-state index contributed by atoms with van der Waals surface area (Å²) in [4.78, 5) is 32.5. The van der Waals surface area contributed by atoms with Crippen LogP contribution >= 0.6 is 22.9 Å². The summed E-state index contributed by atoms with van der Waals surface area (Å²) in [7, 11) is 3.05. The van der Waals surface area contributed by atoms with Crippen molar-refractivity contribution in [3.63, 3.8) is 0 Å². The third-order valence-electron chi connectivity index (χ3n) is 6.05. The topological polar surface area (TPSA) is 108 Å². The predicted octanol–water partition coefficient (Wildman–Crippen LogP) is 4.51. The molecule has 1 aromatic carbocycles. The SMILES string of the molecule is COc1cc(-c2cc3c(s2)c(=O)n(-c2cncc4cnn(C)c24)c(=O)n3CC(C)(C)C#N)c(Cl)cc1F. The summed E-state index contributed by atoms with van der Waals surface area (Å²) in [5.74, 6) is -0.629. The highest BCUT2D eigenvalue weighted by molar-refractivity contribution is 7.22. The van der Waals surface area contributed by atoms with Crippen LogP contribution in [0.5, 0.6) is 5.75 Å². The fourth-order valence-corrected chi connectivity index (χ4v) is 5.66. The van der Waals surface area contributed by atoms with Crippen LogP contribution in [0.15, 0.2) is 46.4 Å². The highest BCUT2D eigenvalue weighted by Gasteiger charge is 2.26. The molecule has 0 atom stereocenters. The van der Waals surface area contributed by atoms with Crippen molar-refractivity contribution < 1.29 is 9.13 Å². The van der Waals surface area contributed by atoms with Gasteiger partial charge >= 0.3 is 5.69 Å². The number of benzene rings is 1. The Morgan fingerprint density at radius 2 is 1.97 bits per heavy atom. The van der Waals surface area contributed by atoms with Crippen molar-refractivity contribution in [3.05, 3.63) is 68.5 Å². The van der Waals surface area contributed by atoms with Crippen molar-refractivity contribution in [2.75, 3.05) is 7.11 Å². The number of nitrogens with zero attached hydrogens (tertiary/aromatic N) is 6. The lowest BCUT2D eigenvalue weighted by Gasteiger charge is -2.19. The van der Waals surface area contributed by atoms with Gasteiger partial charge in [-0.25, -0.2) is 13.8 Å². The fraction of sp³-hybridized carbons (Fsp3) is 0.240. The molecule has 4 aromatic heterocycles. The van der Waals surface area contributed by atoms with E-state index < -0.39 is 22.5 Å². The van der Waals surface area contributed by atoms with Crippen LogP contribution in [0.3, 0.4) is 0 Å². The summed E-state index contributed by atoms with van der Waals surface area (Å²) in [5, 5.41) is 14.7. The van der Waals surface area contributed by atoms with E-state index in [1.54, 1.807) is 44.0 Å². The molecule has 0 aliphatic carbocycles. The van der Waals surface area contributed by atoms with Gasteiger partial charge in [0.2, 0.25) is 0 Å². The van der Waals surface area contributed by atoms with Gasteiger partial charge < -0.3 is 4.74 Å². The van der Waals surface area contributed by atoms with Crippen molar-refractivity contribution in [2.45, 2.75) is 20.4 Å². The van der Waals surface area contributed by atoms with Crippen molar-refractivity contribution in [2.24, 2.45) is 12.5 Å². The van der Waals surface area contributed by atoms with Gasteiger partial charge in [-0.3, -0.25) is 19.0 Å². The summed E-state index contributed by atoms with van der Waals surface area (Å²) in [6, 6.07) is 6.45. The number of aryl methyl sites for hydroxylation is 1. The number of pyridine rings is 1. The Labute approximate surface area is 218 Å². The fourth-order valence-electron chi connectivity index (χ4n) is 4.23. The number of fused-ring (bicyclic) bond motifs is 2. The van der Waals surface area contributed by atoms with Gasteiger partial charge in [-0.2, -0.15) is 10.4 Å². The van der Waals surface area contributed by atoms with E-state index in [0.717, 1.165) is 22.0 Å². The minimum atomic E-state index is -0.922. The minimum absolute atomic E-state index is 0.00812. The number of aromatic nitrogens is 5. The third-order valence-corrected chi connectivity index (χ3v) is 7.51. The highest BCUT2D eigenvalue weighted by Crippen LogP contribution is 2.39. The number of halogens is 2. The van der Waals surface area contributed by atoms with Crippen molar-refractivity contribution in [3.8, 4) is 27.9 Å². The van der Waals surface area contributed by atoms with Crippen LogP contribution in [0, 0.1) is 22.6 Å². The normalized spacial score (nSPS) is 11.8. The first-order valence-electron chi connectivity index (χ1n) is 11.1. The summed E-state index contributed by atoms with van der Waals surface area (Å²) in [6.07, 6.45) is 4.63. The maximum absolute atomic E-state index is 14.2. The Bertz CT molecular complexity index is 1880. The van der Waals surface area contributed by atoms with Gasteiger partial charge in [0, 0.05) is 35.6 Å². The lowest BCUT2D eigenvalue weighted by Crippen LogP contribution is -2.40. The Balaban J connectivity index is 1.88. The summed E-state index contributed by atoms with van der Waals surface area (Å²) in [6.45, 7) is 3.43. The van der Waals surface area contributed by atoms with Crippen LogP contribution in [0.2, 0.25) is 5.02 Å². The Morgan fingerprint density at radius 1 is 1.22 bits per heavy atom. The molecule has 0 spiro atoms. The largest absolute Gasteiger partial charge is 0.494 e. The van der Waals surface area contributed by atoms with E-state index in [1.807, 2.05) is 0 Å². The van der Waals surface area contributed by atoms with Crippen LogP contribution in [-0.4, -0.2) is 31.0 Å². The molecule has 0 aliphatic heterocycles. The maximum atomic E-state index is 14.2. The van der Waals surface area contributed by atoms with Crippen LogP contribution in [0.1, 0.15) is 13.8 Å². The van der Waals surface area contributed by atoms with E-state index in [2.05, 4.69) is 16.2 Å².